The quantitative estimate of drug-likeness (QED) is 0.338. The SMILES string of the molecule is CCS(=O)(=O)CCNC(=NC)NC1CCN(c2ccccc2OC)C1.I. The summed E-state index contributed by atoms with van der Waals surface area (Å²) in [5.41, 5.74) is 1.09. The number of sulfone groups is 1. The first-order valence-corrected chi connectivity index (χ1v) is 10.4. The van der Waals surface area contributed by atoms with Crippen molar-refractivity contribution in [3.8, 4) is 5.75 Å². The van der Waals surface area contributed by atoms with Crippen LogP contribution < -0.4 is 20.3 Å². The number of aliphatic imine (C=N–C) groups is 1. The Labute approximate surface area is 173 Å². The third-order valence-corrected chi connectivity index (χ3v) is 6.03. The van der Waals surface area contributed by atoms with E-state index in [1.165, 1.54) is 0 Å². The maximum absolute atomic E-state index is 11.6. The van der Waals surface area contributed by atoms with E-state index in [9.17, 15) is 8.42 Å². The summed E-state index contributed by atoms with van der Waals surface area (Å²) >= 11 is 0. The molecular formula is C17H29IN4O3S. The van der Waals surface area contributed by atoms with E-state index in [4.69, 9.17) is 4.74 Å². The van der Waals surface area contributed by atoms with Gasteiger partial charge in [-0.3, -0.25) is 4.99 Å². The van der Waals surface area contributed by atoms with Gasteiger partial charge in [0, 0.05) is 38.5 Å². The van der Waals surface area contributed by atoms with Gasteiger partial charge in [0.05, 0.1) is 18.6 Å². The molecule has 148 valence electrons. The van der Waals surface area contributed by atoms with Gasteiger partial charge in [-0.15, -0.1) is 24.0 Å². The van der Waals surface area contributed by atoms with Gasteiger partial charge in [-0.25, -0.2) is 8.42 Å². The van der Waals surface area contributed by atoms with Crippen molar-refractivity contribution in [2.45, 2.75) is 19.4 Å². The average molecular weight is 496 g/mol. The molecule has 0 aromatic heterocycles. The van der Waals surface area contributed by atoms with Crippen LogP contribution in [0, 0.1) is 0 Å². The maximum atomic E-state index is 11.6. The van der Waals surface area contributed by atoms with Crippen LogP contribution in [0.4, 0.5) is 5.69 Å². The molecule has 0 spiro atoms. The first-order chi connectivity index (χ1) is 12.0. The van der Waals surface area contributed by atoms with Gasteiger partial charge >= 0.3 is 0 Å². The van der Waals surface area contributed by atoms with Gasteiger partial charge in [0.2, 0.25) is 0 Å². The molecule has 1 aromatic rings. The van der Waals surface area contributed by atoms with E-state index in [1.807, 2.05) is 18.2 Å². The Morgan fingerprint density at radius 2 is 2.12 bits per heavy atom. The van der Waals surface area contributed by atoms with E-state index < -0.39 is 9.84 Å². The molecule has 0 saturated carbocycles. The summed E-state index contributed by atoms with van der Waals surface area (Å²) in [5.74, 6) is 1.79. The number of ether oxygens (including phenoxy) is 1. The molecule has 1 aliphatic rings. The van der Waals surface area contributed by atoms with E-state index in [2.05, 4.69) is 26.6 Å². The Hall–Kier alpha value is -1.23. The van der Waals surface area contributed by atoms with Crippen LogP contribution in [0.5, 0.6) is 5.75 Å². The van der Waals surface area contributed by atoms with Crippen LogP contribution in [0.1, 0.15) is 13.3 Å². The fourth-order valence-electron chi connectivity index (χ4n) is 2.85. The molecule has 2 N–H and O–H groups in total. The van der Waals surface area contributed by atoms with Crippen LogP contribution in [0.2, 0.25) is 0 Å². The summed E-state index contributed by atoms with van der Waals surface area (Å²) in [6, 6.07) is 8.24. The summed E-state index contributed by atoms with van der Waals surface area (Å²) in [7, 11) is 0.402. The third kappa shape index (κ3) is 6.49. The second-order valence-corrected chi connectivity index (χ2v) is 8.46. The van der Waals surface area contributed by atoms with Crippen LogP contribution in [-0.2, 0) is 9.84 Å². The first-order valence-electron chi connectivity index (χ1n) is 8.54. The minimum absolute atomic E-state index is 0. The van der Waals surface area contributed by atoms with E-state index in [0.717, 1.165) is 30.9 Å². The van der Waals surface area contributed by atoms with Gasteiger partial charge < -0.3 is 20.3 Å². The molecule has 0 aliphatic carbocycles. The zero-order chi connectivity index (χ0) is 18.3. The summed E-state index contributed by atoms with van der Waals surface area (Å²) in [4.78, 5) is 6.47. The lowest BCUT2D eigenvalue weighted by molar-refractivity contribution is 0.415. The fourth-order valence-corrected chi connectivity index (χ4v) is 3.55. The molecule has 1 fully saturated rings. The third-order valence-electron chi connectivity index (χ3n) is 4.32. The van der Waals surface area contributed by atoms with Crippen molar-refractivity contribution < 1.29 is 13.2 Å². The topological polar surface area (TPSA) is 83.0 Å². The molecule has 0 bridgehead atoms. The number of para-hydroxylation sites is 2. The molecule has 1 atom stereocenters. The molecule has 2 rings (SSSR count). The van der Waals surface area contributed by atoms with Gasteiger partial charge in [0.25, 0.3) is 0 Å². The van der Waals surface area contributed by atoms with E-state index in [0.29, 0.717) is 12.5 Å². The number of guanidine groups is 1. The maximum Gasteiger partial charge on any atom is 0.191 e. The first kappa shape index (κ1) is 22.8. The highest BCUT2D eigenvalue weighted by molar-refractivity contribution is 14.0. The number of anilines is 1. The molecule has 7 nitrogen and oxygen atoms in total. The van der Waals surface area contributed by atoms with Gasteiger partial charge in [-0.05, 0) is 18.6 Å². The average Bonchev–Trinajstić information content (AvgIpc) is 3.09. The van der Waals surface area contributed by atoms with Gasteiger partial charge in [0.15, 0.2) is 15.8 Å². The predicted molar refractivity (Wildman–Crippen MR) is 118 cm³/mol. The van der Waals surface area contributed by atoms with Crippen molar-refractivity contribution in [1.82, 2.24) is 10.6 Å². The van der Waals surface area contributed by atoms with Crippen LogP contribution in [0.25, 0.3) is 0 Å². The largest absolute Gasteiger partial charge is 0.495 e. The number of hydrogen-bond donors (Lipinski definition) is 2. The van der Waals surface area contributed by atoms with Crippen molar-refractivity contribution in [2.24, 2.45) is 4.99 Å². The van der Waals surface area contributed by atoms with Crippen LogP contribution >= 0.6 is 24.0 Å². The number of nitrogens with zero attached hydrogens (tertiary/aromatic N) is 2. The second kappa shape index (κ2) is 10.8. The zero-order valence-corrected chi connectivity index (χ0v) is 18.7. The minimum atomic E-state index is -2.97. The highest BCUT2D eigenvalue weighted by Gasteiger charge is 2.25. The van der Waals surface area contributed by atoms with Crippen LogP contribution in [-0.4, -0.2) is 65.7 Å². The molecule has 1 aromatic carbocycles. The summed E-state index contributed by atoms with van der Waals surface area (Å²) in [6.07, 6.45) is 0.978. The number of rotatable bonds is 7. The Kier molecular flexibility index (Phi) is 9.48. The molecule has 1 heterocycles. The summed E-state index contributed by atoms with van der Waals surface area (Å²) < 4.78 is 28.5. The lowest BCUT2D eigenvalue weighted by atomic mass is 10.2. The van der Waals surface area contributed by atoms with Crippen molar-refractivity contribution in [2.75, 3.05) is 50.2 Å². The highest BCUT2D eigenvalue weighted by Crippen LogP contribution is 2.30. The summed E-state index contributed by atoms with van der Waals surface area (Å²) in [5, 5.41) is 6.45. The highest BCUT2D eigenvalue weighted by atomic mass is 127. The normalized spacial score (nSPS) is 17.6. The Morgan fingerprint density at radius 3 is 2.77 bits per heavy atom. The molecule has 9 heteroatoms. The second-order valence-electron chi connectivity index (χ2n) is 5.98. The van der Waals surface area contributed by atoms with Gasteiger partial charge in [0.1, 0.15) is 5.75 Å². The molecule has 1 saturated heterocycles. The number of benzene rings is 1. The number of halogens is 1. The lowest BCUT2D eigenvalue weighted by Gasteiger charge is -2.22. The predicted octanol–water partition coefficient (Wildman–Crippen LogP) is 1.49. The van der Waals surface area contributed by atoms with Crippen molar-refractivity contribution >= 4 is 45.5 Å². The Morgan fingerprint density at radius 1 is 1.38 bits per heavy atom. The minimum Gasteiger partial charge on any atom is -0.495 e. The molecule has 0 radical (unpaired) electrons. The van der Waals surface area contributed by atoms with Crippen molar-refractivity contribution in [3.05, 3.63) is 24.3 Å². The molecule has 0 amide bonds. The zero-order valence-electron chi connectivity index (χ0n) is 15.6. The molecular weight excluding hydrogens is 467 g/mol. The van der Waals surface area contributed by atoms with E-state index in [-0.39, 0.29) is 41.5 Å². The summed E-state index contributed by atoms with van der Waals surface area (Å²) in [6.45, 7) is 3.79. The number of nitrogens with one attached hydrogen (secondary N) is 2. The number of methoxy groups -OCH3 is 1. The van der Waals surface area contributed by atoms with Gasteiger partial charge in [-0.1, -0.05) is 19.1 Å². The standard InChI is InChI=1S/C17H28N4O3S.HI/c1-4-25(22,23)12-10-19-17(18-2)20-14-9-11-21(13-14)15-7-5-6-8-16(15)24-3;/h5-8,14H,4,9-13H2,1-3H3,(H2,18,19,20);1H. The smallest absolute Gasteiger partial charge is 0.191 e. The van der Waals surface area contributed by atoms with Crippen molar-refractivity contribution in [1.29, 1.82) is 0 Å². The number of hydrogen-bond acceptors (Lipinski definition) is 5. The van der Waals surface area contributed by atoms with E-state index >= 15 is 0 Å². The van der Waals surface area contributed by atoms with E-state index in [1.54, 1.807) is 21.1 Å². The van der Waals surface area contributed by atoms with Gasteiger partial charge in [-0.2, -0.15) is 0 Å². The van der Waals surface area contributed by atoms with Crippen LogP contribution in [0.3, 0.4) is 0 Å². The fraction of sp³-hybridized carbons (Fsp3) is 0.588. The Bertz CT molecular complexity index is 697. The van der Waals surface area contributed by atoms with Crippen molar-refractivity contribution in [3.63, 3.8) is 0 Å². The van der Waals surface area contributed by atoms with Crippen LogP contribution in [0.15, 0.2) is 29.3 Å². The lowest BCUT2D eigenvalue weighted by Crippen LogP contribution is -2.45. The molecule has 1 aliphatic heterocycles. The monoisotopic (exact) mass is 496 g/mol. The molecule has 1 unspecified atom stereocenters. The Balaban J connectivity index is 0.00000338. The molecule has 26 heavy (non-hydrogen) atoms.